The van der Waals surface area contributed by atoms with Crippen LogP contribution in [0.25, 0.3) is 0 Å². The van der Waals surface area contributed by atoms with Gasteiger partial charge in [0.05, 0.1) is 17.8 Å². The van der Waals surface area contributed by atoms with Crippen molar-refractivity contribution < 1.29 is 19.4 Å². The topological polar surface area (TPSA) is 81.4 Å². The highest BCUT2D eigenvalue weighted by Crippen LogP contribution is 2.18. The van der Waals surface area contributed by atoms with E-state index >= 15 is 0 Å². The molecule has 6 nitrogen and oxygen atoms in total. The Bertz CT molecular complexity index is 1060. The highest BCUT2D eigenvalue weighted by Gasteiger charge is 2.17. The largest absolute Gasteiger partial charge is 0.491 e. The number of hydrogen-bond acceptors (Lipinski definition) is 5. The summed E-state index contributed by atoms with van der Waals surface area (Å²) in [7, 11) is 0. The Balaban J connectivity index is 1.58. The number of aryl methyl sites for hydroxylation is 1. The molecule has 1 aromatic heterocycles. The molecule has 1 N–H and O–H groups in total. The smallest absolute Gasteiger partial charge is 0.193 e. The number of aliphatic hydroxyl groups excluding tert-OH is 1. The number of benzene rings is 2. The molecule has 1 atom stereocenters. The molecular weight excluding hydrogens is 404 g/mol. The summed E-state index contributed by atoms with van der Waals surface area (Å²) in [5.41, 5.74) is 3.05. The summed E-state index contributed by atoms with van der Waals surface area (Å²) in [6.45, 7) is 5.35. The fourth-order valence-electron chi connectivity index (χ4n) is 3.30. The quantitative estimate of drug-likeness (QED) is 0.550. The predicted octanol–water partition coefficient (Wildman–Crippen LogP) is 4.03. The predicted molar refractivity (Wildman–Crippen MR) is 115 cm³/mol. The minimum atomic E-state index is -0.807. The standard InChI is InChI=1S/C23H23ClN2O4/c1-14-22(16(3)27)15(2)26(25-14)12-20(28)13-30-21-10-6-18(7-11-21)23(29)17-4-8-19(24)9-5-17/h4-11,20,28H,12-13H2,1-3H3. The number of carbonyl (C=O) groups is 2. The van der Waals surface area contributed by atoms with Crippen LogP contribution < -0.4 is 4.74 Å². The number of aliphatic hydroxyl groups is 1. The van der Waals surface area contributed by atoms with E-state index in [1.807, 2.05) is 0 Å². The van der Waals surface area contributed by atoms with E-state index in [0.29, 0.717) is 33.2 Å². The number of aromatic nitrogens is 2. The summed E-state index contributed by atoms with van der Waals surface area (Å²) >= 11 is 5.86. The Labute approximate surface area is 180 Å². The number of nitrogens with zero attached hydrogens (tertiary/aromatic N) is 2. The van der Waals surface area contributed by atoms with Gasteiger partial charge in [0, 0.05) is 21.8 Å². The first kappa shape index (κ1) is 21.7. The average Bonchev–Trinajstić information content (AvgIpc) is 3.00. The van der Waals surface area contributed by atoms with Crippen molar-refractivity contribution in [3.63, 3.8) is 0 Å². The molecule has 0 amide bonds. The van der Waals surface area contributed by atoms with Gasteiger partial charge >= 0.3 is 0 Å². The Kier molecular flexibility index (Phi) is 6.70. The minimum Gasteiger partial charge on any atom is -0.491 e. The molecule has 0 spiro atoms. The number of halogens is 1. The maximum absolute atomic E-state index is 12.5. The van der Waals surface area contributed by atoms with Crippen LogP contribution in [0.15, 0.2) is 48.5 Å². The minimum absolute atomic E-state index is 0.0461. The molecular formula is C23H23ClN2O4. The van der Waals surface area contributed by atoms with E-state index in [1.54, 1.807) is 67.1 Å². The van der Waals surface area contributed by atoms with Gasteiger partial charge in [-0.05, 0) is 69.3 Å². The van der Waals surface area contributed by atoms with E-state index in [4.69, 9.17) is 16.3 Å². The van der Waals surface area contributed by atoms with Gasteiger partial charge in [0.2, 0.25) is 0 Å². The van der Waals surface area contributed by atoms with E-state index < -0.39 is 6.10 Å². The first-order valence-electron chi connectivity index (χ1n) is 9.52. The second-order valence-electron chi connectivity index (χ2n) is 7.11. The molecule has 7 heteroatoms. The third-order valence-electron chi connectivity index (χ3n) is 4.78. The Morgan fingerprint density at radius 2 is 1.63 bits per heavy atom. The zero-order chi connectivity index (χ0) is 21.8. The van der Waals surface area contributed by atoms with Crippen LogP contribution in [0.2, 0.25) is 5.02 Å². The fraction of sp³-hybridized carbons (Fsp3) is 0.261. The van der Waals surface area contributed by atoms with E-state index in [0.717, 1.165) is 5.69 Å². The van der Waals surface area contributed by atoms with Crippen LogP contribution in [0.3, 0.4) is 0 Å². The molecule has 2 aromatic carbocycles. The molecule has 30 heavy (non-hydrogen) atoms. The summed E-state index contributed by atoms with van der Waals surface area (Å²) in [5.74, 6) is 0.388. The van der Waals surface area contributed by atoms with Crippen LogP contribution in [-0.2, 0) is 6.54 Å². The lowest BCUT2D eigenvalue weighted by Crippen LogP contribution is -2.25. The van der Waals surface area contributed by atoms with Crippen molar-refractivity contribution in [3.8, 4) is 5.75 Å². The molecule has 0 aliphatic rings. The van der Waals surface area contributed by atoms with Crippen LogP contribution in [-0.4, -0.2) is 39.2 Å². The lowest BCUT2D eigenvalue weighted by molar-refractivity contribution is 0.0884. The summed E-state index contributed by atoms with van der Waals surface area (Å²) in [5, 5.41) is 15.2. The highest BCUT2D eigenvalue weighted by atomic mass is 35.5. The molecule has 0 aliphatic carbocycles. The zero-order valence-corrected chi connectivity index (χ0v) is 17.8. The Morgan fingerprint density at radius 1 is 1.07 bits per heavy atom. The molecule has 1 unspecified atom stereocenters. The fourth-order valence-corrected chi connectivity index (χ4v) is 3.43. The monoisotopic (exact) mass is 426 g/mol. The molecule has 156 valence electrons. The zero-order valence-electron chi connectivity index (χ0n) is 17.1. The normalized spacial score (nSPS) is 11.9. The molecule has 1 heterocycles. The number of Topliss-reactive ketones (excluding diaryl/α,β-unsaturated/α-hetero) is 1. The molecule has 0 radical (unpaired) electrons. The van der Waals surface area contributed by atoms with Gasteiger partial charge in [-0.2, -0.15) is 5.10 Å². The van der Waals surface area contributed by atoms with Crippen LogP contribution in [0.5, 0.6) is 5.75 Å². The van der Waals surface area contributed by atoms with Crippen molar-refractivity contribution in [3.05, 3.63) is 81.6 Å². The maximum Gasteiger partial charge on any atom is 0.193 e. The average molecular weight is 427 g/mol. The molecule has 3 rings (SSSR count). The Morgan fingerprint density at radius 3 is 2.17 bits per heavy atom. The van der Waals surface area contributed by atoms with Crippen molar-refractivity contribution in [2.75, 3.05) is 6.61 Å². The first-order chi connectivity index (χ1) is 14.3. The van der Waals surface area contributed by atoms with Crippen LogP contribution in [0, 0.1) is 13.8 Å². The van der Waals surface area contributed by atoms with Crippen molar-refractivity contribution in [2.45, 2.75) is 33.4 Å². The van der Waals surface area contributed by atoms with Crippen molar-refractivity contribution in [2.24, 2.45) is 0 Å². The van der Waals surface area contributed by atoms with Crippen LogP contribution in [0.1, 0.15) is 44.6 Å². The maximum atomic E-state index is 12.5. The van der Waals surface area contributed by atoms with Gasteiger partial charge in [-0.15, -0.1) is 0 Å². The van der Waals surface area contributed by atoms with Gasteiger partial charge in [0.1, 0.15) is 18.5 Å². The molecule has 0 aliphatic heterocycles. The van der Waals surface area contributed by atoms with E-state index in [1.165, 1.54) is 6.92 Å². The number of ether oxygens (including phenoxy) is 1. The second kappa shape index (κ2) is 9.24. The molecule has 0 bridgehead atoms. The molecule has 3 aromatic rings. The lowest BCUT2D eigenvalue weighted by Gasteiger charge is -2.14. The summed E-state index contributed by atoms with van der Waals surface area (Å²) in [4.78, 5) is 24.2. The van der Waals surface area contributed by atoms with E-state index in [-0.39, 0.29) is 24.7 Å². The van der Waals surface area contributed by atoms with Crippen LogP contribution in [0.4, 0.5) is 0 Å². The van der Waals surface area contributed by atoms with Crippen LogP contribution >= 0.6 is 11.6 Å². The number of carbonyl (C=O) groups excluding carboxylic acids is 2. The van der Waals surface area contributed by atoms with Crippen molar-refractivity contribution in [1.29, 1.82) is 0 Å². The number of rotatable bonds is 8. The summed E-state index contributed by atoms with van der Waals surface area (Å²) in [6.07, 6.45) is -0.807. The number of ketones is 2. The lowest BCUT2D eigenvalue weighted by atomic mass is 10.0. The third-order valence-corrected chi connectivity index (χ3v) is 5.03. The first-order valence-corrected chi connectivity index (χ1v) is 9.90. The molecule has 0 fully saturated rings. The van der Waals surface area contributed by atoms with Crippen molar-refractivity contribution >= 4 is 23.2 Å². The van der Waals surface area contributed by atoms with Gasteiger partial charge in [0.25, 0.3) is 0 Å². The third kappa shape index (κ3) is 4.96. The van der Waals surface area contributed by atoms with Crippen molar-refractivity contribution in [1.82, 2.24) is 9.78 Å². The Hall–Kier alpha value is -2.96. The molecule has 0 saturated carbocycles. The summed E-state index contributed by atoms with van der Waals surface area (Å²) in [6, 6.07) is 13.5. The second-order valence-corrected chi connectivity index (χ2v) is 7.55. The van der Waals surface area contributed by atoms with Gasteiger partial charge in [-0.3, -0.25) is 14.3 Å². The van der Waals surface area contributed by atoms with E-state index in [9.17, 15) is 14.7 Å². The highest BCUT2D eigenvalue weighted by molar-refractivity contribution is 6.30. The SMILES string of the molecule is CC(=O)c1c(C)nn(CC(O)COc2ccc(C(=O)c3ccc(Cl)cc3)cc2)c1C. The molecule has 0 saturated heterocycles. The van der Waals surface area contributed by atoms with Gasteiger partial charge in [-0.1, -0.05) is 11.6 Å². The van der Waals surface area contributed by atoms with E-state index in [2.05, 4.69) is 5.10 Å². The van der Waals surface area contributed by atoms with Gasteiger partial charge in [0.15, 0.2) is 11.6 Å². The van der Waals surface area contributed by atoms with Gasteiger partial charge in [-0.25, -0.2) is 0 Å². The van der Waals surface area contributed by atoms with Gasteiger partial charge < -0.3 is 9.84 Å². The summed E-state index contributed by atoms with van der Waals surface area (Å²) < 4.78 is 7.25. The number of hydrogen-bond donors (Lipinski definition) is 1.